The highest BCUT2D eigenvalue weighted by atomic mass is 79.9. The van der Waals surface area contributed by atoms with Gasteiger partial charge in [0.2, 0.25) is 0 Å². The van der Waals surface area contributed by atoms with Crippen LogP contribution < -0.4 is 10.8 Å². The van der Waals surface area contributed by atoms with Gasteiger partial charge in [-0.15, -0.1) is 11.8 Å². The van der Waals surface area contributed by atoms with E-state index in [-0.39, 0.29) is 12.2 Å². The fourth-order valence-electron chi connectivity index (χ4n) is 2.36. The molecule has 0 aromatic heterocycles. The predicted octanol–water partition coefficient (Wildman–Crippen LogP) is 5.38. The number of phenols is 1. The molecule has 29 heavy (non-hydrogen) atoms. The van der Waals surface area contributed by atoms with Gasteiger partial charge in [-0.2, -0.15) is 0 Å². The Kier molecular flexibility index (Phi) is 9.02. The molecule has 154 valence electrons. The maximum Gasteiger partial charge on any atom is 0.412 e. The van der Waals surface area contributed by atoms with E-state index in [9.17, 15) is 14.7 Å². The molecule has 10 heteroatoms. The van der Waals surface area contributed by atoms with Crippen LogP contribution in [0.5, 0.6) is 5.75 Å². The number of ether oxygens (including phenoxy) is 1. The molecule has 0 fully saturated rings. The van der Waals surface area contributed by atoms with Crippen LogP contribution in [0.1, 0.15) is 18.1 Å². The Morgan fingerprint density at radius 3 is 2.55 bits per heavy atom. The first-order valence-corrected chi connectivity index (χ1v) is 11.0. The molecule has 2 aromatic rings. The number of nitrogens with one attached hydrogen (secondary N) is 2. The van der Waals surface area contributed by atoms with Gasteiger partial charge in [0.1, 0.15) is 11.9 Å². The van der Waals surface area contributed by atoms with Crippen LogP contribution in [0.3, 0.4) is 0 Å². The molecule has 0 radical (unpaired) electrons. The van der Waals surface area contributed by atoms with Crippen molar-refractivity contribution in [1.82, 2.24) is 5.48 Å². The summed E-state index contributed by atoms with van der Waals surface area (Å²) in [6, 6.07) is 10.5. The normalized spacial score (nSPS) is 11.9. The van der Waals surface area contributed by atoms with Gasteiger partial charge in [-0.1, -0.05) is 22.0 Å². The Hall–Kier alpha value is -2.01. The number of phenolic OH excluding ortho intramolecular Hbond substituents is 1. The van der Waals surface area contributed by atoms with E-state index in [2.05, 4.69) is 37.2 Å². The molecular weight excluding hydrogens is 528 g/mol. The minimum Gasteiger partial charge on any atom is -0.506 e. The maximum absolute atomic E-state index is 12.4. The quantitative estimate of drug-likeness (QED) is 0.161. The zero-order valence-electron chi connectivity index (χ0n) is 15.2. The number of benzene rings is 2. The van der Waals surface area contributed by atoms with Gasteiger partial charge >= 0.3 is 6.09 Å². The van der Waals surface area contributed by atoms with Crippen molar-refractivity contribution in [2.45, 2.75) is 17.4 Å². The van der Waals surface area contributed by atoms with Gasteiger partial charge in [-0.3, -0.25) is 15.3 Å². The number of carbonyl (C=O) groups excluding carboxylic acids is 2. The van der Waals surface area contributed by atoms with Crippen molar-refractivity contribution >= 4 is 61.3 Å². The third-order valence-electron chi connectivity index (χ3n) is 3.72. The van der Waals surface area contributed by atoms with Gasteiger partial charge in [0.15, 0.2) is 0 Å². The first-order valence-electron chi connectivity index (χ1n) is 8.24. The molecule has 0 bridgehead atoms. The number of hydrogen-bond donors (Lipinski definition) is 4. The van der Waals surface area contributed by atoms with Crippen LogP contribution in [0.2, 0.25) is 0 Å². The van der Waals surface area contributed by atoms with E-state index in [0.717, 1.165) is 11.0 Å². The van der Waals surface area contributed by atoms with Gasteiger partial charge in [-0.25, -0.2) is 10.3 Å². The molecular formula is C19H18Br2N2O5S. The summed E-state index contributed by atoms with van der Waals surface area (Å²) in [6.45, 7) is 0. The second-order valence-corrected chi connectivity index (χ2v) is 8.34. The Morgan fingerprint density at radius 1 is 1.24 bits per heavy atom. The largest absolute Gasteiger partial charge is 0.506 e. The second kappa shape index (κ2) is 11.2. The number of hydrogen-bond acceptors (Lipinski definition) is 6. The third-order valence-corrected chi connectivity index (χ3v) is 5.53. The summed E-state index contributed by atoms with van der Waals surface area (Å²) in [5, 5.41) is 21.6. The number of carbonyl (C=O) groups is 2. The third kappa shape index (κ3) is 7.07. The summed E-state index contributed by atoms with van der Waals surface area (Å²) >= 11 is 8.17. The van der Waals surface area contributed by atoms with E-state index in [1.54, 1.807) is 36.0 Å². The fourth-order valence-corrected chi connectivity index (χ4v) is 4.02. The number of thioether (sulfide) groups is 1. The van der Waals surface area contributed by atoms with Crippen LogP contribution in [0.15, 0.2) is 62.4 Å². The minimum absolute atomic E-state index is 0.0860. The van der Waals surface area contributed by atoms with Gasteiger partial charge < -0.3 is 9.84 Å². The van der Waals surface area contributed by atoms with E-state index >= 15 is 0 Å². The SMILES string of the molecule is CSc1ccc(NC(=O)O[C@@H](C/C=C/C(=O)NO)c2cc(Br)cc(Br)c2O)cc1. The Labute approximate surface area is 188 Å². The molecule has 0 aliphatic rings. The van der Waals surface area contributed by atoms with Crippen LogP contribution in [-0.4, -0.2) is 28.6 Å². The molecule has 2 amide bonds. The molecule has 0 saturated heterocycles. The Morgan fingerprint density at radius 2 is 1.93 bits per heavy atom. The monoisotopic (exact) mass is 544 g/mol. The highest BCUT2D eigenvalue weighted by Gasteiger charge is 2.21. The van der Waals surface area contributed by atoms with Crippen LogP contribution in [-0.2, 0) is 9.53 Å². The molecule has 4 N–H and O–H groups in total. The summed E-state index contributed by atoms with van der Waals surface area (Å²) in [7, 11) is 0. The van der Waals surface area contributed by atoms with Gasteiger partial charge in [0.05, 0.1) is 4.47 Å². The lowest BCUT2D eigenvalue weighted by molar-refractivity contribution is -0.124. The van der Waals surface area contributed by atoms with Gasteiger partial charge in [0, 0.05) is 33.1 Å². The topological polar surface area (TPSA) is 108 Å². The number of anilines is 1. The summed E-state index contributed by atoms with van der Waals surface area (Å²) in [5.74, 6) is -0.808. The number of rotatable bonds is 7. The summed E-state index contributed by atoms with van der Waals surface area (Å²) in [5.41, 5.74) is 2.38. The molecule has 0 aliphatic carbocycles. The van der Waals surface area contributed by atoms with E-state index in [1.807, 2.05) is 18.4 Å². The number of hydroxylamine groups is 1. The molecule has 1 atom stereocenters. The van der Waals surface area contributed by atoms with Gasteiger partial charge in [0.25, 0.3) is 5.91 Å². The summed E-state index contributed by atoms with van der Waals surface area (Å²) < 4.78 is 6.58. The molecule has 0 unspecified atom stereocenters. The lowest BCUT2D eigenvalue weighted by atomic mass is 10.0. The van der Waals surface area contributed by atoms with Gasteiger partial charge in [-0.05, 0) is 58.6 Å². The first-order chi connectivity index (χ1) is 13.8. The second-order valence-electron chi connectivity index (χ2n) is 5.69. The van der Waals surface area contributed by atoms with Crippen molar-refractivity contribution in [3.05, 3.63) is 63.1 Å². The number of aromatic hydroxyl groups is 1. The predicted molar refractivity (Wildman–Crippen MR) is 118 cm³/mol. The zero-order chi connectivity index (χ0) is 21.4. The number of halogens is 2. The Bertz CT molecular complexity index is 906. The van der Waals surface area contributed by atoms with Crippen molar-refractivity contribution in [2.24, 2.45) is 0 Å². The average molecular weight is 546 g/mol. The van der Waals surface area contributed by atoms with E-state index in [1.165, 1.54) is 11.6 Å². The standard InChI is InChI=1S/C19H18Br2N2O5S/c1-29-13-7-5-12(6-8-13)22-19(26)28-16(3-2-4-17(24)23-27)14-9-11(20)10-15(21)18(14)25/h2,4-10,16,25,27H,3H2,1H3,(H,22,26)(H,23,24)/b4-2+/t16-/m0/s1. The van der Waals surface area contributed by atoms with Crippen molar-refractivity contribution in [1.29, 1.82) is 0 Å². The summed E-state index contributed by atoms with van der Waals surface area (Å²) in [6.07, 6.45) is 2.95. The zero-order valence-corrected chi connectivity index (χ0v) is 19.2. The smallest absolute Gasteiger partial charge is 0.412 e. The van der Waals surface area contributed by atoms with Crippen molar-refractivity contribution in [2.75, 3.05) is 11.6 Å². The van der Waals surface area contributed by atoms with Crippen LogP contribution in [0.4, 0.5) is 10.5 Å². The highest BCUT2D eigenvalue weighted by molar-refractivity contribution is 9.11. The average Bonchev–Trinajstić information content (AvgIpc) is 2.70. The molecule has 0 heterocycles. The van der Waals surface area contributed by atoms with Crippen LogP contribution >= 0.6 is 43.6 Å². The van der Waals surface area contributed by atoms with E-state index in [0.29, 0.717) is 20.2 Å². The first kappa shape index (κ1) is 23.3. The molecule has 0 saturated carbocycles. The minimum atomic E-state index is -0.892. The lowest BCUT2D eigenvalue weighted by Crippen LogP contribution is -2.18. The van der Waals surface area contributed by atoms with Crippen LogP contribution in [0, 0.1) is 0 Å². The Balaban J connectivity index is 2.21. The van der Waals surface area contributed by atoms with Crippen molar-refractivity contribution in [3.8, 4) is 5.75 Å². The molecule has 0 spiro atoms. The van der Waals surface area contributed by atoms with E-state index in [4.69, 9.17) is 9.94 Å². The van der Waals surface area contributed by atoms with Crippen molar-refractivity contribution < 1.29 is 24.6 Å². The molecule has 7 nitrogen and oxygen atoms in total. The van der Waals surface area contributed by atoms with Crippen molar-refractivity contribution in [3.63, 3.8) is 0 Å². The lowest BCUT2D eigenvalue weighted by Gasteiger charge is -2.19. The molecule has 2 rings (SSSR count). The number of amides is 2. The fraction of sp³-hybridized carbons (Fsp3) is 0.158. The molecule has 0 aliphatic heterocycles. The van der Waals surface area contributed by atoms with Crippen LogP contribution in [0.25, 0.3) is 0 Å². The molecule has 2 aromatic carbocycles. The van der Waals surface area contributed by atoms with E-state index < -0.39 is 18.1 Å². The maximum atomic E-state index is 12.4. The summed E-state index contributed by atoms with van der Waals surface area (Å²) in [4.78, 5) is 24.6. The highest BCUT2D eigenvalue weighted by Crippen LogP contribution is 2.38.